The predicted molar refractivity (Wildman–Crippen MR) is 144 cm³/mol. The Hall–Kier alpha value is -3.98. The summed E-state index contributed by atoms with van der Waals surface area (Å²) in [6.45, 7) is 9.03. The molecular weight excluding hydrogens is 488 g/mol. The van der Waals surface area contributed by atoms with Gasteiger partial charge in [-0.3, -0.25) is 24.2 Å². The molecule has 37 heavy (non-hydrogen) atoms. The highest BCUT2D eigenvalue weighted by molar-refractivity contribution is 6.36. The Morgan fingerprint density at radius 2 is 1.95 bits per heavy atom. The maximum atomic E-state index is 12.1. The first-order chi connectivity index (χ1) is 17.9. The second-order valence-electron chi connectivity index (χ2n) is 9.66. The fourth-order valence-electron chi connectivity index (χ4n) is 5.44. The first-order valence-corrected chi connectivity index (χ1v) is 12.7. The second kappa shape index (κ2) is 8.85. The van der Waals surface area contributed by atoms with Crippen molar-refractivity contribution >= 4 is 39.3 Å². The zero-order valence-electron chi connectivity index (χ0n) is 21.0. The van der Waals surface area contributed by atoms with Gasteiger partial charge in [-0.15, -0.1) is 0 Å². The molecule has 1 N–H and O–H groups in total. The van der Waals surface area contributed by atoms with Crippen LogP contribution in [0.2, 0.25) is 5.02 Å². The number of aryl methyl sites for hydroxylation is 2. The van der Waals surface area contributed by atoms with Crippen molar-refractivity contribution in [3.8, 4) is 22.5 Å². The van der Waals surface area contributed by atoms with Gasteiger partial charge < -0.3 is 4.90 Å². The molecule has 0 saturated carbocycles. The lowest BCUT2D eigenvalue weighted by molar-refractivity contribution is -0.127. The number of likely N-dealkylation sites (tertiary alicyclic amines) is 1. The van der Waals surface area contributed by atoms with Crippen LogP contribution in [0, 0.1) is 13.8 Å². The Balaban J connectivity index is 1.55. The molecular formula is C27H27ClN8O. The minimum Gasteiger partial charge on any atom is -0.339 e. The van der Waals surface area contributed by atoms with E-state index in [0.717, 1.165) is 68.4 Å². The van der Waals surface area contributed by atoms with E-state index in [-0.39, 0.29) is 11.9 Å². The number of carbonyl (C=O) groups excluding carboxylic acids is 1. The van der Waals surface area contributed by atoms with Gasteiger partial charge in [0.2, 0.25) is 5.91 Å². The number of hydrogen-bond acceptors (Lipinski definition) is 5. The SMILES string of the molecule is C=CC(=O)N1CCC(n2nc(-c3cc4cn(C)nc4cn3)c(-c3c(Cl)c(C)cc4[nH]ncc34)c2C)CC1. The van der Waals surface area contributed by atoms with Crippen LogP contribution in [0.4, 0.5) is 0 Å². The van der Waals surface area contributed by atoms with Crippen LogP contribution in [0.25, 0.3) is 44.3 Å². The summed E-state index contributed by atoms with van der Waals surface area (Å²) in [5.41, 5.74) is 7.08. The Morgan fingerprint density at radius 3 is 2.70 bits per heavy atom. The highest BCUT2D eigenvalue weighted by atomic mass is 35.5. The van der Waals surface area contributed by atoms with Gasteiger partial charge in [-0.25, -0.2) is 0 Å². The molecule has 1 aromatic carbocycles. The van der Waals surface area contributed by atoms with Crippen LogP contribution < -0.4 is 0 Å². The van der Waals surface area contributed by atoms with Crippen molar-refractivity contribution in [2.45, 2.75) is 32.7 Å². The summed E-state index contributed by atoms with van der Waals surface area (Å²) >= 11 is 6.99. The van der Waals surface area contributed by atoms with Gasteiger partial charge in [0.1, 0.15) is 11.2 Å². The number of halogens is 1. The molecule has 9 nitrogen and oxygen atoms in total. The van der Waals surface area contributed by atoms with E-state index in [1.54, 1.807) is 10.9 Å². The predicted octanol–water partition coefficient (Wildman–Crippen LogP) is 4.99. The van der Waals surface area contributed by atoms with Gasteiger partial charge in [0.15, 0.2) is 0 Å². The summed E-state index contributed by atoms with van der Waals surface area (Å²) in [4.78, 5) is 18.7. The molecule has 0 aliphatic carbocycles. The molecule has 6 rings (SSSR count). The first-order valence-electron chi connectivity index (χ1n) is 12.3. The van der Waals surface area contributed by atoms with E-state index in [4.69, 9.17) is 21.7 Å². The number of nitrogens with zero attached hydrogens (tertiary/aromatic N) is 7. The van der Waals surface area contributed by atoms with Gasteiger partial charge in [0.05, 0.1) is 34.7 Å². The number of hydrogen-bond donors (Lipinski definition) is 1. The van der Waals surface area contributed by atoms with Crippen LogP contribution in [0.1, 0.15) is 30.1 Å². The Bertz CT molecular complexity index is 1690. The molecule has 1 amide bonds. The van der Waals surface area contributed by atoms with Crippen molar-refractivity contribution in [2.24, 2.45) is 7.05 Å². The topological polar surface area (TPSA) is 97.5 Å². The van der Waals surface area contributed by atoms with Gasteiger partial charge in [0, 0.05) is 53.9 Å². The number of aromatic nitrogens is 7. The summed E-state index contributed by atoms with van der Waals surface area (Å²) < 4.78 is 3.88. The third-order valence-electron chi connectivity index (χ3n) is 7.31. The molecule has 1 aliphatic rings. The zero-order valence-corrected chi connectivity index (χ0v) is 21.7. The van der Waals surface area contributed by atoms with Crippen molar-refractivity contribution in [1.82, 2.24) is 39.6 Å². The minimum absolute atomic E-state index is 0.0279. The lowest BCUT2D eigenvalue weighted by Gasteiger charge is -2.32. The van der Waals surface area contributed by atoms with E-state index in [2.05, 4.69) is 33.5 Å². The molecule has 5 heterocycles. The molecule has 1 fully saturated rings. The van der Waals surface area contributed by atoms with Crippen molar-refractivity contribution < 1.29 is 4.79 Å². The zero-order chi connectivity index (χ0) is 25.8. The molecule has 0 spiro atoms. The van der Waals surface area contributed by atoms with Crippen LogP contribution >= 0.6 is 11.6 Å². The molecule has 10 heteroatoms. The van der Waals surface area contributed by atoms with Gasteiger partial charge in [-0.05, 0) is 50.5 Å². The summed E-state index contributed by atoms with van der Waals surface area (Å²) in [5, 5.41) is 19.6. The highest BCUT2D eigenvalue weighted by Crippen LogP contribution is 2.44. The quantitative estimate of drug-likeness (QED) is 0.340. The molecule has 1 aliphatic heterocycles. The van der Waals surface area contributed by atoms with E-state index in [0.29, 0.717) is 18.1 Å². The van der Waals surface area contributed by atoms with Crippen LogP contribution in [-0.2, 0) is 11.8 Å². The number of amides is 1. The van der Waals surface area contributed by atoms with Crippen molar-refractivity contribution in [1.29, 1.82) is 0 Å². The molecule has 1 saturated heterocycles. The van der Waals surface area contributed by atoms with Gasteiger partial charge in [0.25, 0.3) is 0 Å². The Kier molecular flexibility index (Phi) is 5.60. The lowest BCUT2D eigenvalue weighted by Crippen LogP contribution is -2.38. The number of carbonyl (C=O) groups is 1. The van der Waals surface area contributed by atoms with Crippen molar-refractivity contribution in [2.75, 3.05) is 13.1 Å². The third kappa shape index (κ3) is 3.81. The van der Waals surface area contributed by atoms with Crippen LogP contribution in [0.15, 0.2) is 43.4 Å². The second-order valence-corrected chi connectivity index (χ2v) is 10.0. The number of H-pyrrole nitrogens is 1. The largest absolute Gasteiger partial charge is 0.339 e. The van der Waals surface area contributed by atoms with Gasteiger partial charge in [-0.1, -0.05) is 18.2 Å². The van der Waals surface area contributed by atoms with Gasteiger partial charge >= 0.3 is 0 Å². The normalized spacial score (nSPS) is 14.6. The number of rotatable bonds is 4. The maximum absolute atomic E-state index is 12.1. The van der Waals surface area contributed by atoms with E-state index in [1.165, 1.54) is 6.08 Å². The smallest absolute Gasteiger partial charge is 0.245 e. The van der Waals surface area contributed by atoms with Crippen molar-refractivity contribution in [3.05, 3.63) is 59.7 Å². The van der Waals surface area contributed by atoms with Crippen LogP contribution in [-0.4, -0.2) is 58.6 Å². The summed E-state index contributed by atoms with van der Waals surface area (Å²) in [5.74, 6) is -0.0279. The molecule has 188 valence electrons. The Morgan fingerprint density at radius 1 is 1.16 bits per heavy atom. The monoisotopic (exact) mass is 514 g/mol. The average molecular weight is 515 g/mol. The molecule has 5 aromatic rings. The number of pyridine rings is 1. The number of benzene rings is 1. The van der Waals surface area contributed by atoms with Crippen LogP contribution in [0.3, 0.4) is 0 Å². The molecule has 4 aromatic heterocycles. The number of piperidine rings is 1. The summed E-state index contributed by atoms with van der Waals surface area (Å²) in [6.07, 6.45) is 8.56. The summed E-state index contributed by atoms with van der Waals surface area (Å²) in [6, 6.07) is 4.19. The van der Waals surface area contributed by atoms with Gasteiger partial charge in [-0.2, -0.15) is 15.3 Å². The van der Waals surface area contributed by atoms with E-state index >= 15 is 0 Å². The summed E-state index contributed by atoms with van der Waals surface area (Å²) in [7, 11) is 1.90. The Labute approximate surface area is 218 Å². The number of aromatic amines is 1. The molecule has 0 unspecified atom stereocenters. The average Bonchev–Trinajstić information content (AvgIpc) is 3.60. The van der Waals surface area contributed by atoms with Crippen molar-refractivity contribution in [3.63, 3.8) is 0 Å². The number of nitrogens with one attached hydrogen (secondary N) is 1. The highest BCUT2D eigenvalue weighted by Gasteiger charge is 2.29. The molecule has 0 bridgehead atoms. The number of fused-ring (bicyclic) bond motifs is 2. The van der Waals surface area contributed by atoms with E-state index in [9.17, 15) is 4.79 Å². The minimum atomic E-state index is -0.0279. The molecule has 0 atom stereocenters. The van der Waals surface area contributed by atoms with Crippen LogP contribution in [0.5, 0.6) is 0 Å². The van der Waals surface area contributed by atoms with E-state index in [1.807, 2.05) is 43.4 Å². The maximum Gasteiger partial charge on any atom is 0.245 e. The first kappa shape index (κ1) is 23.4. The third-order valence-corrected chi connectivity index (χ3v) is 7.80. The molecule has 0 radical (unpaired) electrons. The standard InChI is InChI=1S/C27H27ClN8O/c1-5-23(37)35-8-6-18(7-9-35)36-16(3)24(25-19-12-30-31-20(19)10-15(2)26(25)28)27(33-36)21-11-17-14-34(4)32-22(17)13-29-21/h5,10-14,18H,1,6-9H2,2-4H3,(H,30,31). The fourth-order valence-corrected chi connectivity index (χ4v) is 5.69. The lowest BCUT2D eigenvalue weighted by atomic mass is 9.95. The fraction of sp³-hybridized carbons (Fsp3) is 0.296. The van der Waals surface area contributed by atoms with E-state index < -0.39 is 0 Å².